The first kappa shape index (κ1) is 19.3. The number of fused-ring (bicyclic) bond motifs is 2. The Morgan fingerprint density at radius 1 is 1.14 bits per heavy atom. The predicted octanol–water partition coefficient (Wildman–Crippen LogP) is 3.21. The van der Waals surface area contributed by atoms with Gasteiger partial charge >= 0.3 is 5.97 Å². The molecular formula is C21H26N2O4S. The molecule has 0 unspecified atom stereocenters. The lowest BCUT2D eigenvalue weighted by Gasteiger charge is -2.44. The van der Waals surface area contributed by atoms with Crippen LogP contribution in [-0.2, 0) is 19.1 Å². The summed E-state index contributed by atoms with van der Waals surface area (Å²) in [5, 5.41) is 2.29. The van der Waals surface area contributed by atoms with E-state index in [0.29, 0.717) is 12.0 Å². The summed E-state index contributed by atoms with van der Waals surface area (Å²) in [6.07, 6.45) is 6.86. The number of nitrogens with one attached hydrogen (secondary N) is 1. The van der Waals surface area contributed by atoms with E-state index in [1.54, 1.807) is 0 Å². The highest BCUT2D eigenvalue weighted by Crippen LogP contribution is 2.37. The maximum atomic E-state index is 12.6. The van der Waals surface area contributed by atoms with Crippen LogP contribution in [0.2, 0.25) is 0 Å². The van der Waals surface area contributed by atoms with E-state index < -0.39 is 11.2 Å². The van der Waals surface area contributed by atoms with E-state index >= 15 is 0 Å². The highest BCUT2D eigenvalue weighted by Gasteiger charge is 2.36. The quantitative estimate of drug-likeness (QED) is 0.783. The molecule has 0 spiro atoms. The fourth-order valence-electron chi connectivity index (χ4n) is 4.60. The molecule has 0 radical (unpaired) electrons. The standard InChI is InChI=1S/C21H26N2O4S/c24-19(23-11-5-7-14-6-1-3-9-16(14)23)13-27-20(25)12-18-21(26)22-15-8-2-4-10-17(15)28-18/h2,4,8,10,14,16,18H,1,3,5-7,9,11-13H2,(H,22,26)/t14-,16+,18-/m1/s1. The fraction of sp³-hybridized carbons (Fsp3) is 0.571. The lowest BCUT2D eigenvalue weighted by Crippen LogP contribution is -2.51. The Labute approximate surface area is 169 Å². The van der Waals surface area contributed by atoms with Crippen molar-refractivity contribution >= 4 is 35.2 Å². The molecule has 1 aromatic rings. The molecule has 2 aliphatic heterocycles. The molecule has 1 saturated heterocycles. The van der Waals surface area contributed by atoms with Gasteiger partial charge in [0.25, 0.3) is 5.91 Å². The van der Waals surface area contributed by atoms with Crippen LogP contribution in [0.5, 0.6) is 0 Å². The number of esters is 1. The summed E-state index contributed by atoms with van der Waals surface area (Å²) in [5.41, 5.74) is 0.768. The third kappa shape index (κ3) is 4.19. The van der Waals surface area contributed by atoms with Crippen LogP contribution in [0.25, 0.3) is 0 Å². The van der Waals surface area contributed by atoms with Crippen molar-refractivity contribution in [1.82, 2.24) is 4.90 Å². The van der Waals surface area contributed by atoms with E-state index in [1.807, 2.05) is 29.2 Å². The topological polar surface area (TPSA) is 75.7 Å². The van der Waals surface area contributed by atoms with Gasteiger partial charge in [0.15, 0.2) is 6.61 Å². The van der Waals surface area contributed by atoms with Gasteiger partial charge in [-0.3, -0.25) is 14.4 Å². The molecule has 3 atom stereocenters. The molecule has 2 heterocycles. The number of amides is 2. The molecule has 6 nitrogen and oxygen atoms in total. The SMILES string of the molecule is O=C(C[C@H]1Sc2ccccc2NC1=O)OCC(=O)N1CCC[C@H]2CCCC[C@@H]21. The van der Waals surface area contributed by atoms with Gasteiger partial charge in [-0.1, -0.05) is 25.0 Å². The second-order valence-corrected chi connectivity index (χ2v) is 9.04. The van der Waals surface area contributed by atoms with Crippen molar-refractivity contribution in [2.45, 2.75) is 61.1 Å². The van der Waals surface area contributed by atoms with Gasteiger partial charge in [0.05, 0.1) is 17.4 Å². The average molecular weight is 403 g/mol. The molecule has 1 aromatic carbocycles. The summed E-state index contributed by atoms with van der Waals surface area (Å²) in [5.74, 6) is -0.203. The number of carbonyl (C=O) groups is 3. The van der Waals surface area contributed by atoms with E-state index in [4.69, 9.17) is 4.74 Å². The zero-order valence-corrected chi connectivity index (χ0v) is 16.7. The van der Waals surface area contributed by atoms with Gasteiger partial charge in [-0.15, -0.1) is 11.8 Å². The second kappa shape index (κ2) is 8.55. The van der Waals surface area contributed by atoms with Gasteiger partial charge in [-0.05, 0) is 43.7 Å². The smallest absolute Gasteiger partial charge is 0.307 e. The fourth-order valence-corrected chi connectivity index (χ4v) is 5.69. The van der Waals surface area contributed by atoms with Crippen molar-refractivity contribution in [1.29, 1.82) is 0 Å². The zero-order valence-electron chi connectivity index (χ0n) is 15.9. The van der Waals surface area contributed by atoms with Crippen molar-refractivity contribution < 1.29 is 19.1 Å². The number of para-hydroxylation sites is 1. The number of anilines is 1. The molecule has 1 N–H and O–H groups in total. The number of nitrogens with zero attached hydrogens (tertiary/aromatic N) is 1. The highest BCUT2D eigenvalue weighted by atomic mass is 32.2. The minimum atomic E-state index is -0.532. The number of hydrogen-bond donors (Lipinski definition) is 1. The Kier molecular flexibility index (Phi) is 5.90. The number of carbonyl (C=O) groups excluding carboxylic acids is 3. The first-order chi connectivity index (χ1) is 13.6. The van der Waals surface area contributed by atoms with Crippen LogP contribution in [0.1, 0.15) is 44.9 Å². The molecule has 1 saturated carbocycles. The third-order valence-corrected chi connectivity index (χ3v) is 7.25. The van der Waals surface area contributed by atoms with Crippen LogP contribution in [-0.4, -0.2) is 47.1 Å². The first-order valence-corrected chi connectivity index (χ1v) is 11.0. The Morgan fingerprint density at radius 2 is 1.93 bits per heavy atom. The molecular weight excluding hydrogens is 376 g/mol. The third-order valence-electron chi connectivity index (χ3n) is 5.98. The maximum Gasteiger partial charge on any atom is 0.307 e. The molecule has 2 fully saturated rings. The Hall–Kier alpha value is -2.02. The average Bonchev–Trinajstić information content (AvgIpc) is 2.72. The normalized spacial score (nSPS) is 26.6. The van der Waals surface area contributed by atoms with Gasteiger partial charge in [0, 0.05) is 17.5 Å². The second-order valence-electron chi connectivity index (χ2n) is 7.80. The van der Waals surface area contributed by atoms with E-state index in [-0.39, 0.29) is 24.8 Å². The van der Waals surface area contributed by atoms with Crippen LogP contribution in [0.3, 0.4) is 0 Å². The number of hydrogen-bond acceptors (Lipinski definition) is 5. The summed E-state index contributed by atoms with van der Waals surface area (Å²) in [6.45, 7) is 0.535. The van der Waals surface area contributed by atoms with Crippen molar-refractivity contribution in [3.63, 3.8) is 0 Å². The van der Waals surface area contributed by atoms with Gasteiger partial charge in [0.2, 0.25) is 5.91 Å². The summed E-state index contributed by atoms with van der Waals surface area (Å²) >= 11 is 1.36. The van der Waals surface area contributed by atoms with E-state index in [9.17, 15) is 14.4 Å². The van der Waals surface area contributed by atoms with E-state index in [1.165, 1.54) is 37.4 Å². The largest absolute Gasteiger partial charge is 0.456 e. The maximum absolute atomic E-state index is 12.6. The molecule has 1 aliphatic carbocycles. The molecule has 2 amide bonds. The van der Waals surface area contributed by atoms with E-state index in [0.717, 1.165) is 30.0 Å². The summed E-state index contributed by atoms with van der Waals surface area (Å²) in [4.78, 5) is 40.0. The summed E-state index contributed by atoms with van der Waals surface area (Å²) in [6, 6.07) is 7.82. The highest BCUT2D eigenvalue weighted by molar-refractivity contribution is 8.01. The molecule has 4 rings (SSSR count). The Balaban J connectivity index is 1.28. The number of rotatable bonds is 4. The first-order valence-electron chi connectivity index (χ1n) is 10.1. The summed E-state index contributed by atoms with van der Waals surface area (Å²) in [7, 11) is 0. The van der Waals surface area contributed by atoms with Crippen molar-refractivity contribution in [3.05, 3.63) is 24.3 Å². The lowest BCUT2D eigenvalue weighted by atomic mass is 9.78. The van der Waals surface area contributed by atoms with Crippen molar-refractivity contribution in [2.24, 2.45) is 5.92 Å². The predicted molar refractivity (Wildman–Crippen MR) is 107 cm³/mol. The summed E-state index contributed by atoms with van der Waals surface area (Å²) < 4.78 is 5.25. The number of benzene rings is 1. The molecule has 150 valence electrons. The van der Waals surface area contributed by atoms with Crippen LogP contribution in [0.15, 0.2) is 29.2 Å². The molecule has 0 aromatic heterocycles. The van der Waals surface area contributed by atoms with Gasteiger partial charge in [0.1, 0.15) is 0 Å². The van der Waals surface area contributed by atoms with Gasteiger partial charge < -0.3 is 15.0 Å². The van der Waals surface area contributed by atoms with Crippen LogP contribution < -0.4 is 5.32 Å². The Bertz CT molecular complexity index is 767. The van der Waals surface area contributed by atoms with E-state index in [2.05, 4.69) is 5.32 Å². The molecule has 28 heavy (non-hydrogen) atoms. The molecule has 0 bridgehead atoms. The monoisotopic (exact) mass is 402 g/mol. The number of thioether (sulfide) groups is 1. The van der Waals surface area contributed by atoms with Gasteiger partial charge in [-0.25, -0.2) is 0 Å². The van der Waals surface area contributed by atoms with Crippen LogP contribution in [0, 0.1) is 5.92 Å². The van der Waals surface area contributed by atoms with Gasteiger partial charge in [-0.2, -0.15) is 0 Å². The van der Waals surface area contributed by atoms with Crippen LogP contribution in [0.4, 0.5) is 5.69 Å². The minimum Gasteiger partial charge on any atom is -0.456 e. The lowest BCUT2D eigenvalue weighted by molar-refractivity contribution is -0.155. The zero-order chi connectivity index (χ0) is 19.5. The van der Waals surface area contributed by atoms with Crippen molar-refractivity contribution in [2.75, 3.05) is 18.5 Å². The Morgan fingerprint density at radius 3 is 2.82 bits per heavy atom. The molecule has 7 heteroatoms. The number of likely N-dealkylation sites (tertiary alicyclic amines) is 1. The number of piperidine rings is 1. The van der Waals surface area contributed by atoms with Crippen LogP contribution >= 0.6 is 11.8 Å². The molecule has 3 aliphatic rings. The number of ether oxygens (including phenoxy) is 1. The minimum absolute atomic E-state index is 0.0375. The van der Waals surface area contributed by atoms with Crippen molar-refractivity contribution in [3.8, 4) is 0 Å².